The van der Waals surface area contributed by atoms with E-state index in [1.54, 1.807) is 54.7 Å². The highest BCUT2D eigenvalue weighted by atomic mass is 19.1. The Labute approximate surface area is 210 Å². The molecule has 0 fully saturated rings. The fraction of sp³-hybridized carbons (Fsp3) is 0.0714. The number of aromatic amines is 2. The Hall–Kier alpha value is -5.05. The van der Waals surface area contributed by atoms with Gasteiger partial charge in [0.25, 0.3) is 11.8 Å². The zero-order chi connectivity index (χ0) is 25.4. The number of para-hydroxylation sites is 2. The van der Waals surface area contributed by atoms with E-state index in [-0.39, 0.29) is 17.8 Å². The van der Waals surface area contributed by atoms with Gasteiger partial charge in [0.15, 0.2) is 0 Å². The van der Waals surface area contributed by atoms with Crippen molar-refractivity contribution in [3.05, 3.63) is 120 Å². The predicted molar refractivity (Wildman–Crippen MR) is 138 cm³/mol. The molecule has 6 rings (SSSR count). The van der Waals surface area contributed by atoms with Crippen molar-refractivity contribution in [2.24, 2.45) is 4.99 Å². The minimum absolute atomic E-state index is 0.161. The molecule has 0 aliphatic carbocycles. The molecule has 0 saturated carbocycles. The molecule has 182 valence electrons. The molecular weight excluding hydrogens is 471 g/mol. The number of amides is 2. The van der Waals surface area contributed by atoms with E-state index in [1.807, 2.05) is 24.3 Å². The number of anilines is 1. The monoisotopic (exact) mass is 492 g/mol. The molecule has 3 N–H and O–H groups in total. The van der Waals surface area contributed by atoms with E-state index in [0.29, 0.717) is 22.6 Å². The molecule has 5 aromatic rings. The lowest BCUT2D eigenvalue weighted by Gasteiger charge is -2.25. The first kappa shape index (κ1) is 22.4. The Morgan fingerprint density at radius 1 is 1.00 bits per heavy atom. The Bertz CT molecular complexity index is 1620. The number of halogens is 1. The number of aliphatic imine (C=N–C) groups is 1. The van der Waals surface area contributed by atoms with Crippen molar-refractivity contribution in [3.63, 3.8) is 0 Å². The first-order chi connectivity index (χ1) is 18.1. The molecule has 1 atom stereocenters. The maximum Gasteiger partial charge on any atom is 0.272 e. The third-order valence-corrected chi connectivity index (χ3v) is 6.26. The summed E-state index contributed by atoms with van der Waals surface area (Å²) in [7, 11) is 0. The summed E-state index contributed by atoms with van der Waals surface area (Å²) in [5.41, 5.74) is 3.40. The van der Waals surface area contributed by atoms with Crippen LogP contribution in [0.15, 0.2) is 96.4 Å². The van der Waals surface area contributed by atoms with E-state index in [2.05, 4.69) is 25.3 Å². The van der Waals surface area contributed by atoms with E-state index in [9.17, 15) is 14.0 Å². The second-order valence-corrected chi connectivity index (χ2v) is 8.62. The number of fused-ring (bicyclic) bond motifs is 2. The molecule has 8 nitrogen and oxygen atoms in total. The number of nitrogens with one attached hydrogen (secondary N) is 3. The molecule has 0 spiro atoms. The first-order valence-electron chi connectivity index (χ1n) is 11.7. The standard InChI is InChI=1S/C28H21FN6O2/c29-21-10-4-2-8-19(21)25-20-9-3-6-12-24(20)35(15-18-14-30-16-31-18)28(37)26(33-25)34-27(36)23-13-17-7-1-5-11-22(17)32-23/h1-14,16,26,32H,15H2,(H,30,31)(H,34,36)/t26-/m1/s1. The molecule has 1 aliphatic rings. The summed E-state index contributed by atoms with van der Waals surface area (Å²) < 4.78 is 15.0. The van der Waals surface area contributed by atoms with Crippen LogP contribution in [0.5, 0.6) is 0 Å². The summed E-state index contributed by atoms with van der Waals surface area (Å²) >= 11 is 0. The molecule has 9 heteroatoms. The van der Waals surface area contributed by atoms with Crippen molar-refractivity contribution in [2.75, 3.05) is 4.90 Å². The van der Waals surface area contributed by atoms with Gasteiger partial charge in [0.05, 0.1) is 30.0 Å². The highest BCUT2D eigenvalue weighted by Gasteiger charge is 2.34. The van der Waals surface area contributed by atoms with Gasteiger partial charge in [-0.25, -0.2) is 14.4 Å². The minimum Gasteiger partial charge on any atom is -0.351 e. The maximum absolute atomic E-state index is 15.0. The quantitative estimate of drug-likeness (QED) is 0.343. The normalized spacial score (nSPS) is 15.3. The van der Waals surface area contributed by atoms with Gasteiger partial charge in [-0.05, 0) is 30.3 Å². The molecule has 0 unspecified atom stereocenters. The van der Waals surface area contributed by atoms with Gasteiger partial charge in [0.2, 0.25) is 6.17 Å². The van der Waals surface area contributed by atoms with Gasteiger partial charge in [-0.1, -0.05) is 48.5 Å². The average molecular weight is 493 g/mol. The molecular formula is C28H21FN6O2. The van der Waals surface area contributed by atoms with Crippen molar-refractivity contribution < 1.29 is 14.0 Å². The van der Waals surface area contributed by atoms with E-state index >= 15 is 0 Å². The Morgan fingerprint density at radius 2 is 1.76 bits per heavy atom. The highest BCUT2D eigenvalue weighted by Crippen LogP contribution is 2.30. The van der Waals surface area contributed by atoms with Crippen LogP contribution in [0.2, 0.25) is 0 Å². The molecule has 1 aliphatic heterocycles. The van der Waals surface area contributed by atoms with Crippen LogP contribution in [0.3, 0.4) is 0 Å². The Morgan fingerprint density at radius 3 is 2.54 bits per heavy atom. The van der Waals surface area contributed by atoms with E-state index < -0.39 is 23.8 Å². The third kappa shape index (κ3) is 4.16. The molecule has 0 radical (unpaired) electrons. The highest BCUT2D eigenvalue weighted by molar-refractivity contribution is 6.20. The smallest absolute Gasteiger partial charge is 0.272 e. The number of H-pyrrole nitrogens is 2. The summed E-state index contributed by atoms with van der Waals surface area (Å²) in [6.07, 6.45) is 1.85. The molecule has 2 aromatic heterocycles. The van der Waals surface area contributed by atoms with Crippen LogP contribution < -0.4 is 10.2 Å². The minimum atomic E-state index is -1.30. The van der Waals surface area contributed by atoms with E-state index in [4.69, 9.17) is 0 Å². The number of hydrogen-bond acceptors (Lipinski definition) is 4. The second-order valence-electron chi connectivity index (χ2n) is 8.62. The fourth-order valence-electron chi connectivity index (χ4n) is 4.49. The Kier molecular flexibility index (Phi) is 5.57. The number of benzodiazepines with no additional fused rings is 1. The van der Waals surface area contributed by atoms with Gasteiger partial charge in [0.1, 0.15) is 11.5 Å². The number of benzene rings is 3. The van der Waals surface area contributed by atoms with Gasteiger partial charge >= 0.3 is 0 Å². The van der Waals surface area contributed by atoms with Crippen LogP contribution in [-0.2, 0) is 11.3 Å². The number of carbonyl (C=O) groups is 2. The van der Waals surface area contributed by atoms with Crippen LogP contribution in [0.1, 0.15) is 27.3 Å². The zero-order valence-electron chi connectivity index (χ0n) is 19.5. The zero-order valence-corrected chi connectivity index (χ0v) is 19.5. The van der Waals surface area contributed by atoms with Crippen LogP contribution in [-0.4, -0.2) is 38.6 Å². The molecule has 0 saturated heterocycles. The van der Waals surface area contributed by atoms with Crippen molar-refractivity contribution in [3.8, 4) is 0 Å². The number of rotatable bonds is 5. The van der Waals surface area contributed by atoms with Crippen LogP contribution >= 0.6 is 0 Å². The number of hydrogen-bond donors (Lipinski definition) is 3. The fourth-order valence-corrected chi connectivity index (χ4v) is 4.49. The molecule has 3 aromatic carbocycles. The second kappa shape index (κ2) is 9.19. The van der Waals surface area contributed by atoms with Gasteiger partial charge in [-0.2, -0.15) is 0 Å². The van der Waals surface area contributed by atoms with E-state index in [0.717, 1.165) is 10.9 Å². The maximum atomic E-state index is 15.0. The van der Waals surface area contributed by atoms with Crippen molar-refractivity contribution in [1.82, 2.24) is 20.3 Å². The number of nitrogens with zero attached hydrogens (tertiary/aromatic N) is 3. The topological polar surface area (TPSA) is 106 Å². The van der Waals surface area contributed by atoms with E-state index in [1.165, 1.54) is 17.3 Å². The van der Waals surface area contributed by atoms with Crippen molar-refractivity contribution in [2.45, 2.75) is 12.7 Å². The lowest BCUT2D eigenvalue weighted by molar-refractivity contribution is -0.120. The van der Waals surface area contributed by atoms with Crippen molar-refractivity contribution in [1.29, 1.82) is 0 Å². The predicted octanol–water partition coefficient (Wildman–Crippen LogP) is 4.17. The number of aromatic nitrogens is 3. The molecule has 37 heavy (non-hydrogen) atoms. The first-order valence-corrected chi connectivity index (χ1v) is 11.7. The van der Waals surface area contributed by atoms with Gasteiger partial charge < -0.3 is 20.2 Å². The molecule has 3 heterocycles. The summed E-state index contributed by atoms with van der Waals surface area (Å²) in [6.45, 7) is 0.161. The van der Waals surface area contributed by atoms with Crippen LogP contribution in [0, 0.1) is 5.82 Å². The van der Waals surface area contributed by atoms with Gasteiger partial charge in [-0.3, -0.25) is 9.59 Å². The summed E-state index contributed by atoms with van der Waals surface area (Å²) in [5.74, 6) is -1.44. The molecule has 2 amide bonds. The average Bonchev–Trinajstić information content (AvgIpc) is 3.58. The number of carbonyl (C=O) groups excluding carboxylic acids is 2. The van der Waals surface area contributed by atoms with Crippen LogP contribution in [0.4, 0.5) is 10.1 Å². The molecule has 0 bridgehead atoms. The Balaban J connectivity index is 1.46. The van der Waals surface area contributed by atoms with Gasteiger partial charge in [0, 0.05) is 28.2 Å². The van der Waals surface area contributed by atoms with Crippen molar-refractivity contribution >= 4 is 34.1 Å². The van der Waals surface area contributed by atoms with Gasteiger partial charge in [-0.15, -0.1) is 0 Å². The third-order valence-electron chi connectivity index (χ3n) is 6.26. The SMILES string of the molecule is O=C(N[C@H]1N=C(c2ccccc2F)c2ccccc2N(Cc2cnc[nH]2)C1=O)c1cc2ccccc2[nH]1. The summed E-state index contributed by atoms with van der Waals surface area (Å²) in [5, 5.41) is 3.62. The number of imidazole rings is 1. The largest absolute Gasteiger partial charge is 0.351 e. The lowest BCUT2D eigenvalue weighted by atomic mass is 9.99. The lowest BCUT2D eigenvalue weighted by Crippen LogP contribution is -2.47. The van der Waals surface area contributed by atoms with Crippen LogP contribution in [0.25, 0.3) is 10.9 Å². The summed E-state index contributed by atoms with van der Waals surface area (Å²) in [6, 6.07) is 22.6. The summed E-state index contributed by atoms with van der Waals surface area (Å²) in [4.78, 5) is 43.5.